The molecule has 2 aromatic carbocycles. The number of amides is 3. The van der Waals surface area contributed by atoms with Crippen LogP contribution >= 0.6 is 27.3 Å². The molecule has 3 aromatic rings. The molecule has 0 saturated heterocycles. The molecule has 0 saturated carbocycles. The molecule has 34 heavy (non-hydrogen) atoms. The van der Waals surface area contributed by atoms with Crippen molar-refractivity contribution in [1.29, 1.82) is 0 Å². The lowest BCUT2D eigenvalue weighted by atomic mass is 10.0. The molecular weight excluding hydrogens is 520 g/mol. The van der Waals surface area contributed by atoms with Gasteiger partial charge in [-0.05, 0) is 43.2 Å². The fraction of sp³-hybridized carbons (Fsp3) is 0.200. The topological polar surface area (TPSA) is 92.8 Å². The van der Waals surface area contributed by atoms with Gasteiger partial charge in [-0.3, -0.25) is 19.3 Å². The van der Waals surface area contributed by atoms with E-state index in [1.165, 1.54) is 23.3 Å². The Labute approximate surface area is 208 Å². The van der Waals surface area contributed by atoms with Gasteiger partial charge in [0.05, 0.1) is 18.2 Å². The van der Waals surface area contributed by atoms with E-state index in [1.807, 2.05) is 31.2 Å². The number of nitrogens with one attached hydrogen (secondary N) is 1. The highest BCUT2D eigenvalue weighted by molar-refractivity contribution is 9.10. The van der Waals surface area contributed by atoms with E-state index in [2.05, 4.69) is 21.2 Å². The van der Waals surface area contributed by atoms with Crippen molar-refractivity contribution in [2.24, 2.45) is 0 Å². The van der Waals surface area contributed by atoms with Gasteiger partial charge in [0.25, 0.3) is 11.8 Å². The third-order valence-electron chi connectivity index (χ3n) is 5.52. The van der Waals surface area contributed by atoms with Gasteiger partial charge in [0.2, 0.25) is 5.91 Å². The summed E-state index contributed by atoms with van der Waals surface area (Å²) in [5, 5.41) is 3.22. The molecule has 2 heterocycles. The van der Waals surface area contributed by atoms with E-state index in [0.29, 0.717) is 33.7 Å². The maximum Gasteiger partial charge on any atom is 0.341 e. The van der Waals surface area contributed by atoms with Crippen molar-refractivity contribution in [3.63, 3.8) is 0 Å². The fourth-order valence-corrected chi connectivity index (χ4v) is 5.27. The number of imide groups is 1. The number of methoxy groups -OCH3 is 1. The number of anilines is 1. The number of hydrogen-bond acceptors (Lipinski definition) is 6. The smallest absolute Gasteiger partial charge is 0.341 e. The molecule has 0 atom stereocenters. The first-order valence-electron chi connectivity index (χ1n) is 10.5. The maximum absolute atomic E-state index is 12.7. The molecule has 0 radical (unpaired) electrons. The van der Waals surface area contributed by atoms with Crippen molar-refractivity contribution >= 4 is 56.0 Å². The molecule has 0 fully saturated rings. The van der Waals surface area contributed by atoms with Crippen LogP contribution in [0.1, 0.15) is 48.8 Å². The molecule has 3 amide bonds. The number of halogens is 1. The summed E-state index contributed by atoms with van der Waals surface area (Å²) >= 11 is 4.71. The SMILES string of the molecule is COC(=O)c1c(NC(=O)CCCN2C(=O)c3ccccc3C2=O)sc(C)c1-c1ccc(Br)cc1. The average Bonchev–Trinajstić information content (AvgIpc) is 3.27. The molecule has 1 aromatic heterocycles. The number of esters is 1. The molecule has 9 heteroatoms. The van der Waals surface area contributed by atoms with Crippen LogP contribution in [0.2, 0.25) is 0 Å². The second-order valence-corrected chi connectivity index (χ2v) is 9.84. The Morgan fingerprint density at radius 3 is 2.24 bits per heavy atom. The van der Waals surface area contributed by atoms with Gasteiger partial charge >= 0.3 is 5.97 Å². The highest BCUT2D eigenvalue weighted by Crippen LogP contribution is 2.40. The summed E-state index contributed by atoms with van der Waals surface area (Å²) < 4.78 is 5.90. The summed E-state index contributed by atoms with van der Waals surface area (Å²) in [6, 6.07) is 14.2. The monoisotopic (exact) mass is 540 g/mol. The molecule has 174 valence electrons. The molecule has 1 N–H and O–H groups in total. The summed E-state index contributed by atoms with van der Waals surface area (Å²) in [5.41, 5.74) is 2.62. The summed E-state index contributed by atoms with van der Waals surface area (Å²) in [4.78, 5) is 52.3. The van der Waals surface area contributed by atoms with Crippen molar-refractivity contribution in [3.8, 4) is 11.1 Å². The molecule has 1 aliphatic rings. The number of ether oxygens (including phenoxy) is 1. The number of nitrogens with zero attached hydrogens (tertiary/aromatic N) is 1. The largest absolute Gasteiger partial charge is 0.465 e. The zero-order valence-electron chi connectivity index (χ0n) is 18.5. The zero-order valence-corrected chi connectivity index (χ0v) is 20.9. The quantitative estimate of drug-likeness (QED) is 0.324. The Hall–Kier alpha value is -3.30. The molecule has 7 nitrogen and oxygen atoms in total. The van der Waals surface area contributed by atoms with Crippen molar-refractivity contribution in [1.82, 2.24) is 4.90 Å². The third-order valence-corrected chi connectivity index (χ3v) is 7.07. The minimum absolute atomic E-state index is 0.0819. The Bertz CT molecular complexity index is 1260. The molecule has 1 aliphatic heterocycles. The maximum atomic E-state index is 12.7. The van der Waals surface area contributed by atoms with Gasteiger partial charge in [-0.2, -0.15) is 0 Å². The van der Waals surface area contributed by atoms with Gasteiger partial charge < -0.3 is 10.1 Å². The number of benzene rings is 2. The number of carbonyl (C=O) groups is 4. The van der Waals surface area contributed by atoms with Crippen LogP contribution < -0.4 is 5.32 Å². The highest BCUT2D eigenvalue weighted by atomic mass is 79.9. The van der Waals surface area contributed by atoms with Crippen LogP contribution in [0.4, 0.5) is 5.00 Å². The first-order chi connectivity index (χ1) is 16.3. The van der Waals surface area contributed by atoms with Gasteiger partial charge in [0.15, 0.2) is 0 Å². The number of thiophene rings is 1. The van der Waals surface area contributed by atoms with Crippen molar-refractivity contribution in [2.75, 3.05) is 19.0 Å². The Morgan fingerprint density at radius 1 is 1.03 bits per heavy atom. The van der Waals surface area contributed by atoms with Crippen molar-refractivity contribution < 1.29 is 23.9 Å². The predicted molar refractivity (Wildman–Crippen MR) is 133 cm³/mol. The Kier molecular flexibility index (Phi) is 6.95. The van der Waals surface area contributed by atoms with Crippen LogP contribution in [0.3, 0.4) is 0 Å². The van der Waals surface area contributed by atoms with E-state index >= 15 is 0 Å². The van der Waals surface area contributed by atoms with Gasteiger partial charge in [-0.1, -0.05) is 40.2 Å². The highest BCUT2D eigenvalue weighted by Gasteiger charge is 2.34. The molecule has 4 rings (SSSR count). The van der Waals surface area contributed by atoms with E-state index in [0.717, 1.165) is 14.9 Å². The summed E-state index contributed by atoms with van der Waals surface area (Å²) in [6.07, 6.45) is 0.382. The Morgan fingerprint density at radius 2 is 1.65 bits per heavy atom. The fourth-order valence-electron chi connectivity index (χ4n) is 3.92. The molecule has 0 unspecified atom stereocenters. The summed E-state index contributed by atoms with van der Waals surface area (Å²) in [7, 11) is 1.30. The van der Waals surface area contributed by atoms with Gasteiger partial charge in [-0.15, -0.1) is 11.3 Å². The number of carbonyl (C=O) groups excluding carboxylic acids is 4. The number of rotatable bonds is 7. The molecular formula is C25H21BrN2O5S. The van der Waals surface area contributed by atoms with Gasteiger partial charge in [0.1, 0.15) is 10.6 Å². The third kappa shape index (κ3) is 4.53. The van der Waals surface area contributed by atoms with Crippen LogP contribution in [0, 0.1) is 6.92 Å². The minimum Gasteiger partial charge on any atom is -0.465 e. The minimum atomic E-state index is -0.538. The number of hydrogen-bond donors (Lipinski definition) is 1. The second kappa shape index (κ2) is 9.90. The van der Waals surface area contributed by atoms with Crippen molar-refractivity contribution in [2.45, 2.75) is 19.8 Å². The number of aryl methyl sites for hydroxylation is 1. The molecule has 0 aliphatic carbocycles. The molecule has 0 bridgehead atoms. The van der Waals surface area contributed by atoms with Crippen LogP contribution in [-0.2, 0) is 9.53 Å². The van der Waals surface area contributed by atoms with Crippen LogP contribution in [0.15, 0.2) is 53.0 Å². The van der Waals surface area contributed by atoms with E-state index in [9.17, 15) is 19.2 Å². The summed E-state index contributed by atoms with van der Waals surface area (Å²) in [6.45, 7) is 2.02. The van der Waals surface area contributed by atoms with Gasteiger partial charge in [0, 0.05) is 27.9 Å². The van der Waals surface area contributed by atoms with Gasteiger partial charge in [-0.25, -0.2) is 4.79 Å². The lowest BCUT2D eigenvalue weighted by Gasteiger charge is -2.13. The van der Waals surface area contributed by atoms with Crippen molar-refractivity contribution in [3.05, 3.63) is 74.6 Å². The number of fused-ring (bicyclic) bond motifs is 1. The molecule has 0 spiro atoms. The standard InChI is InChI=1S/C25H21BrN2O5S/c1-14-20(15-9-11-16(26)12-10-15)21(25(32)33-2)22(34-14)27-19(29)8-5-13-28-23(30)17-6-3-4-7-18(17)24(28)31/h3-4,6-7,9-12H,5,8,13H2,1-2H3,(H,27,29). The summed E-state index contributed by atoms with van der Waals surface area (Å²) in [5.74, 6) is -1.54. The van der Waals surface area contributed by atoms with E-state index in [1.54, 1.807) is 24.3 Å². The average molecular weight is 541 g/mol. The van der Waals surface area contributed by atoms with Crippen LogP contribution in [0.5, 0.6) is 0 Å². The van der Waals surface area contributed by atoms with E-state index < -0.39 is 5.97 Å². The Balaban J connectivity index is 1.46. The normalized spacial score (nSPS) is 12.6. The lowest BCUT2D eigenvalue weighted by Crippen LogP contribution is -2.31. The second-order valence-electron chi connectivity index (χ2n) is 7.70. The predicted octanol–water partition coefficient (Wildman–Crippen LogP) is 5.29. The first-order valence-corrected chi connectivity index (χ1v) is 12.2. The first kappa shape index (κ1) is 23.8. The van der Waals surface area contributed by atoms with E-state index in [-0.39, 0.29) is 30.7 Å². The lowest BCUT2D eigenvalue weighted by molar-refractivity contribution is -0.116. The van der Waals surface area contributed by atoms with E-state index in [4.69, 9.17) is 4.74 Å². The van der Waals surface area contributed by atoms with Crippen LogP contribution in [0.25, 0.3) is 11.1 Å². The van der Waals surface area contributed by atoms with Crippen LogP contribution in [-0.4, -0.2) is 42.2 Å². The zero-order chi connectivity index (χ0) is 24.4.